The fourth-order valence-corrected chi connectivity index (χ4v) is 4.18. The smallest absolute Gasteiger partial charge is 0.235 e. The average molecular weight is 357 g/mol. The van der Waals surface area contributed by atoms with Gasteiger partial charge < -0.3 is 14.6 Å². The van der Waals surface area contributed by atoms with Crippen LogP contribution in [0.5, 0.6) is 5.75 Å². The molecule has 2 heterocycles. The van der Waals surface area contributed by atoms with Crippen LogP contribution in [-0.4, -0.2) is 23.0 Å². The molecule has 1 aliphatic heterocycles. The van der Waals surface area contributed by atoms with E-state index in [0.29, 0.717) is 0 Å². The van der Waals surface area contributed by atoms with Crippen molar-refractivity contribution < 1.29 is 9.53 Å². The molecule has 5 nitrogen and oxygen atoms in total. The number of amides is 1. The zero-order chi connectivity index (χ0) is 18.4. The lowest BCUT2D eigenvalue weighted by Crippen LogP contribution is -2.29. The molecule has 3 atom stereocenters. The second-order valence-electron chi connectivity index (χ2n) is 6.90. The van der Waals surface area contributed by atoms with Crippen molar-refractivity contribution in [2.24, 2.45) is 11.8 Å². The number of aromatic nitrogens is 2. The Bertz CT molecular complexity index is 1060. The van der Waals surface area contributed by atoms with Crippen LogP contribution in [0, 0.1) is 11.8 Å². The van der Waals surface area contributed by atoms with Crippen molar-refractivity contribution in [3.8, 4) is 5.75 Å². The van der Waals surface area contributed by atoms with Crippen molar-refractivity contribution in [2.75, 3.05) is 12.0 Å². The Balaban J connectivity index is 1.64. The molecule has 134 valence electrons. The molecule has 5 rings (SSSR count). The van der Waals surface area contributed by atoms with Crippen molar-refractivity contribution in [3.63, 3.8) is 0 Å². The topological polar surface area (TPSA) is 58.2 Å². The summed E-state index contributed by atoms with van der Waals surface area (Å²) in [5, 5.41) is 0. The Morgan fingerprint density at radius 1 is 1.07 bits per heavy atom. The van der Waals surface area contributed by atoms with Crippen molar-refractivity contribution in [1.82, 2.24) is 9.97 Å². The molecule has 0 radical (unpaired) electrons. The van der Waals surface area contributed by atoms with E-state index in [0.717, 1.165) is 28.0 Å². The fraction of sp³-hybridized carbons (Fsp3) is 0.182. The van der Waals surface area contributed by atoms with Gasteiger partial charge in [0.15, 0.2) is 0 Å². The van der Waals surface area contributed by atoms with Crippen LogP contribution < -0.4 is 9.64 Å². The Labute approximate surface area is 157 Å². The Morgan fingerprint density at radius 2 is 1.89 bits per heavy atom. The van der Waals surface area contributed by atoms with Crippen LogP contribution in [0.15, 0.2) is 73.1 Å². The first-order valence-electron chi connectivity index (χ1n) is 9.01. The largest absolute Gasteiger partial charge is 0.497 e. The van der Waals surface area contributed by atoms with Gasteiger partial charge >= 0.3 is 0 Å². The third-order valence-corrected chi connectivity index (χ3v) is 5.48. The number of methoxy groups -OCH3 is 1. The number of ether oxygens (including phenoxy) is 1. The van der Waals surface area contributed by atoms with Gasteiger partial charge in [0.25, 0.3) is 0 Å². The van der Waals surface area contributed by atoms with Gasteiger partial charge in [0.05, 0.1) is 36.4 Å². The number of carbonyl (C=O) groups is 1. The molecule has 0 spiro atoms. The summed E-state index contributed by atoms with van der Waals surface area (Å²) in [6.07, 6.45) is 9.83. The minimum absolute atomic E-state index is 0.0602. The van der Waals surface area contributed by atoms with E-state index in [9.17, 15) is 4.79 Å². The molecule has 1 aliphatic carbocycles. The first-order valence-corrected chi connectivity index (χ1v) is 9.01. The molecule has 27 heavy (non-hydrogen) atoms. The summed E-state index contributed by atoms with van der Waals surface area (Å²) in [4.78, 5) is 22.7. The van der Waals surface area contributed by atoms with Gasteiger partial charge in [-0.05, 0) is 35.9 Å². The number of nitrogens with zero attached hydrogens (tertiary/aromatic N) is 2. The number of nitrogens with one attached hydrogen (secondary N) is 1. The van der Waals surface area contributed by atoms with E-state index in [-0.39, 0.29) is 23.8 Å². The molecule has 3 aromatic rings. The molecule has 1 amide bonds. The van der Waals surface area contributed by atoms with E-state index in [2.05, 4.69) is 16.0 Å². The number of hydrogen-bond donors (Lipinski definition) is 1. The normalized spacial score (nSPS) is 23.8. The molecule has 2 aromatic carbocycles. The van der Waals surface area contributed by atoms with Crippen molar-refractivity contribution >= 4 is 22.6 Å². The zero-order valence-electron chi connectivity index (χ0n) is 14.9. The summed E-state index contributed by atoms with van der Waals surface area (Å²) in [5.41, 5.74) is 3.80. The van der Waals surface area contributed by atoms with Gasteiger partial charge in [-0.2, -0.15) is 0 Å². The Hall–Kier alpha value is -3.34. The maximum Gasteiger partial charge on any atom is 0.235 e. The summed E-state index contributed by atoms with van der Waals surface area (Å²) in [6, 6.07) is 13.9. The molecular formula is C22H19N3O2. The van der Waals surface area contributed by atoms with Gasteiger partial charge in [0.2, 0.25) is 5.91 Å². The molecule has 5 heteroatoms. The van der Waals surface area contributed by atoms with E-state index in [4.69, 9.17) is 4.74 Å². The quantitative estimate of drug-likeness (QED) is 0.770. The molecule has 0 bridgehead atoms. The second kappa shape index (κ2) is 6.13. The van der Waals surface area contributed by atoms with Gasteiger partial charge in [-0.3, -0.25) is 4.79 Å². The zero-order valence-corrected chi connectivity index (χ0v) is 14.9. The van der Waals surface area contributed by atoms with E-state index < -0.39 is 0 Å². The molecular weight excluding hydrogens is 338 g/mol. The molecule has 2 aliphatic rings. The molecule has 1 aromatic heterocycles. The number of fused-ring (bicyclic) bond motifs is 2. The van der Waals surface area contributed by atoms with Crippen LogP contribution in [0.3, 0.4) is 0 Å². The van der Waals surface area contributed by atoms with Gasteiger partial charge in [0.1, 0.15) is 5.75 Å². The number of rotatable bonds is 3. The van der Waals surface area contributed by atoms with E-state index in [1.54, 1.807) is 13.4 Å². The predicted octanol–water partition coefficient (Wildman–Crippen LogP) is 4.02. The third-order valence-electron chi connectivity index (χ3n) is 5.48. The predicted molar refractivity (Wildman–Crippen MR) is 105 cm³/mol. The summed E-state index contributed by atoms with van der Waals surface area (Å²) >= 11 is 0. The van der Waals surface area contributed by atoms with Crippen molar-refractivity contribution in [3.05, 3.63) is 78.7 Å². The highest BCUT2D eigenvalue weighted by molar-refractivity contribution is 6.01. The molecule has 3 unspecified atom stereocenters. The van der Waals surface area contributed by atoms with Crippen LogP contribution in [-0.2, 0) is 4.79 Å². The van der Waals surface area contributed by atoms with Crippen LogP contribution in [0.1, 0.15) is 11.6 Å². The lowest BCUT2D eigenvalue weighted by atomic mass is 9.84. The first-order chi connectivity index (χ1) is 13.3. The minimum Gasteiger partial charge on any atom is -0.497 e. The van der Waals surface area contributed by atoms with Crippen LogP contribution >= 0.6 is 0 Å². The molecule has 1 fully saturated rings. The van der Waals surface area contributed by atoms with Crippen LogP contribution in [0.2, 0.25) is 0 Å². The number of hydrogen-bond acceptors (Lipinski definition) is 3. The van der Waals surface area contributed by atoms with E-state index in [1.807, 2.05) is 65.6 Å². The number of imidazole rings is 1. The van der Waals surface area contributed by atoms with Crippen LogP contribution in [0.25, 0.3) is 11.0 Å². The van der Waals surface area contributed by atoms with Crippen LogP contribution in [0.4, 0.5) is 5.69 Å². The average Bonchev–Trinajstić information content (AvgIpc) is 3.30. The standard InChI is InChI=1S/C22H19N3O2/c1-27-16-9-6-14(7-10-16)21-17-4-2-3-5-18(17)22(26)25(21)15-8-11-19-20(12-15)24-13-23-19/h2-13,17-18,21H,1H3,(H,23,24). The monoisotopic (exact) mass is 357 g/mol. The SMILES string of the molecule is COc1ccc(C2C3C=CC=CC3C(=O)N2c2ccc3nc[nH]c3c2)cc1. The molecule has 0 saturated carbocycles. The first kappa shape index (κ1) is 15.9. The summed E-state index contributed by atoms with van der Waals surface area (Å²) in [7, 11) is 1.66. The number of carbonyl (C=O) groups excluding carboxylic acids is 1. The number of allylic oxidation sites excluding steroid dienone is 2. The van der Waals surface area contributed by atoms with Gasteiger partial charge in [-0.25, -0.2) is 4.98 Å². The van der Waals surface area contributed by atoms with E-state index >= 15 is 0 Å². The Kier molecular flexibility index (Phi) is 3.60. The highest BCUT2D eigenvalue weighted by atomic mass is 16.5. The van der Waals surface area contributed by atoms with Crippen molar-refractivity contribution in [2.45, 2.75) is 6.04 Å². The van der Waals surface area contributed by atoms with Gasteiger partial charge in [0, 0.05) is 11.6 Å². The summed E-state index contributed by atoms with van der Waals surface area (Å²) in [6.45, 7) is 0. The maximum atomic E-state index is 13.3. The lowest BCUT2D eigenvalue weighted by molar-refractivity contribution is -0.119. The molecule has 1 N–H and O–H groups in total. The summed E-state index contributed by atoms with van der Waals surface area (Å²) in [5.74, 6) is 0.900. The summed E-state index contributed by atoms with van der Waals surface area (Å²) < 4.78 is 5.29. The number of H-pyrrole nitrogens is 1. The highest BCUT2D eigenvalue weighted by Crippen LogP contribution is 2.47. The molecule has 1 saturated heterocycles. The highest BCUT2D eigenvalue weighted by Gasteiger charge is 2.47. The number of anilines is 1. The van der Waals surface area contributed by atoms with E-state index in [1.165, 1.54) is 0 Å². The number of aromatic amines is 1. The maximum absolute atomic E-state index is 13.3. The number of benzene rings is 2. The third kappa shape index (κ3) is 2.46. The van der Waals surface area contributed by atoms with Gasteiger partial charge in [-0.1, -0.05) is 36.4 Å². The van der Waals surface area contributed by atoms with Gasteiger partial charge in [-0.15, -0.1) is 0 Å². The Morgan fingerprint density at radius 3 is 2.70 bits per heavy atom. The fourth-order valence-electron chi connectivity index (χ4n) is 4.18. The lowest BCUT2D eigenvalue weighted by Gasteiger charge is -2.28. The second-order valence-corrected chi connectivity index (χ2v) is 6.90. The minimum atomic E-state index is -0.139. The van der Waals surface area contributed by atoms with Crippen molar-refractivity contribution in [1.29, 1.82) is 0 Å².